The molecule has 0 amide bonds. The molecule has 0 atom stereocenters. The van der Waals surface area contributed by atoms with Gasteiger partial charge in [-0.15, -0.1) is 0 Å². The van der Waals surface area contributed by atoms with Crippen molar-refractivity contribution in [2.75, 3.05) is 13.7 Å². The van der Waals surface area contributed by atoms with Crippen LogP contribution in [0.5, 0.6) is 0 Å². The number of methoxy groups -OCH3 is 1. The second-order valence-corrected chi connectivity index (χ2v) is 4.02. The normalized spacial score (nSPS) is 11.5. The van der Waals surface area contributed by atoms with Crippen LogP contribution in [0.1, 0.15) is 25.5 Å². The van der Waals surface area contributed by atoms with Gasteiger partial charge in [-0.05, 0) is 5.92 Å². The lowest BCUT2D eigenvalue weighted by atomic mass is 10.1. The number of nitrogens with zero attached hydrogens (tertiary/aromatic N) is 4. The molecule has 0 bridgehead atoms. The lowest BCUT2D eigenvalue weighted by molar-refractivity contribution is 0.184. The van der Waals surface area contributed by atoms with E-state index in [-0.39, 0.29) is 0 Å². The number of fused-ring (bicyclic) bond motifs is 1. The highest BCUT2D eigenvalue weighted by atomic mass is 16.5. The molecule has 2 aromatic heterocycles. The summed E-state index contributed by atoms with van der Waals surface area (Å²) in [6.07, 6.45) is 3.55. The van der Waals surface area contributed by atoms with Crippen molar-refractivity contribution in [1.29, 1.82) is 0 Å². The number of ether oxygens (including phenoxy) is 1. The molecule has 0 spiro atoms. The summed E-state index contributed by atoms with van der Waals surface area (Å²) < 4.78 is 6.86. The predicted molar refractivity (Wildman–Crippen MR) is 61.3 cm³/mol. The molecule has 2 aromatic rings. The molecule has 0 aromatic carbocycles. The molecule has 2 heterocycles. The van der Waals surface area contributed by atoms with Crippen LogP contribution in [0.15, 0.2) is 12.4 Å². The van der Waals surface area contributed by atoms with Gasteiger partial charge in [-0.25, -0.2) is 14.6 Å². The van der Waals surface area contributed by atoms with E-state index in [2.05, 4.69) is 28.9 Å². The van der Waals surface area contributed by atoms with Crippen LogP contribution in [0.3, 0.4) is 0 Å². The molecule has 2 rings (SSSR count). The van der Waals surface area contributed by atoms with Gasteiger partial charge >= 0.3 is 0 Å². The van der Waals surface area contributed by atoms with Crippen LogP contribution in [0.2, 0.25) is 0 Å². The minimum atomic E-state index is 0.377. The molecule has 0 saturated heterocycles. The Kier molecular flexibility index (Phi) is 3.14. The first-order chi connectivity index (χ1) is 7.72. The van der Waals surface area contributed by atoms with Crippen LogP contribution in [-0.4, -0.2) is 33.5 Å². The third-order valence-corrected chi connectivity index (χ3v) is 2.46. The zero-order valence-corrected chi connectivity index (χ0v) is 9.84. The molecule has 0 aliphatic carbocycles. The first-order valence-corrected chi connectivity index (χ1v) is 5.39. The Bertz CT molecular complexity index is 478. The summed E-state index contributed by atoms with van der Waals surface area (Å²) in [6.45, 7) is 5.54. The van der Waals surface area contributed by atoms with Gasteiger partial charge in [0.15, 0.2) is 5.65 Å². The van der Waals surface area contributed by atoms with E-state index in [0.717, 1.165) is 16.9 Å². The molecule has 5 heteroatoms. The van der Waals surface area contributed by atoms with Gasteiger partial charge in [-0.3, -0.25) is 0 Å². The maximum absolute atomic E-state index is 5.03. The van der Waals surface area contributed by atoms with Crippen molar-refractivity contribution in [2.45, 2.75) is 26.3 Å². The smallest absolute Gasteiger partial charge is 0.177 e. The van der Waals surface area contributed by atoms with Gasteiger partial charge in [-0.2, -0.15) is 5.10 Å². The van der Waals surface area contributed by atoms with Gasteiger partial charge in [0.1, 0.15) is 5.52 Å². The Labute approximate surface area is 94.5 Å². The van der Waals surface area contributed by atoms with E-state index in [4.69, 9.17) is 4.74 Å². The largest absolute Gasteiger partial charge is 0.383 e. The van der Waals surface area contributed by atoms with Gasteiger partial charge in [0.2, 0.25) is 0 Å². The van der Waals surface area contributed by atoms with Crippen molar-refractivity contribution < 1.29 is 4.74 Å². The van der Waals surface area contributed by atoms with Crippen molar-refractivity contribution in [3.05, 3.63) is 18.1 Å². The van der Waals surface area contributed by atoms with Crippen molar-refractivity contribution in [2.24, 2.45) is 0 Å². The summed E-state index contributed by atoms with van der Waals surface area (Å²) in [5.74, 6) is 0.377. The molecular formula is C11H16N4O. The number of aromatic nitrogens is 4. The fourth-order valence-electron chi connectivity index (χ4n) is 1.48. The molecule has 0 radical (unpaired) electrons. The Morgan fingerprint density at radius 3 is 2.88 bits per heavy atom. The van der Waals surface area contributed by atoms with Crippen LogP contribution in [0.4, 0.5) is 0 Å². The SMILES string of the molecule is COCCn1ncc2ncc(C(C)C)nc21. The Morgan fingerprint density at radius 2 is 2.19 bits per heavy atom. The van der Waals surface area contributed by atoms with Crippen molar-refractivity contribution in [1.82, 2.24) is 19.7 Å². The molecule has 0 saturated carbocycles. The maximum atomic E-state index is 5.03. The highest BCUT2D eigenvalue weighted by Crippen LogP contribution is 2.14. The molecule has 0 aliphatic rings. The Morgan fingerprint density at radius 1 is 1.38 bits per heavy atom. The summed E-state index contributed by atoms with van der Waals surface area (Å²) in [6, 6.07) is 0. The summed E-state index contributed by atoms with van der Waals surface area (Å²) in [4.78, 5) is 8.91. The highest BCUT2D eigenvalue weighted by Gasteiger charge is 2.08. The average Bonchev–Trinajstić information content (AvgIpc) is 2.68. The molecule has 16 heavy (non-hydrogen) atoms. The van der Waals surface area contributed by atoms with Crippen molar-refractivity contribution >= 4 is 11.2 Å². The summed E-state index contributed by atoms with van der Waals surface area (Å²) in [5.41, 5.74) is 2.66. The van der Waals surface area contributed by atoms with Gasteiger partial charge in [-0.1, -0.05) is 13.8 Å². The molecule has 5 nitrogen and oxygen atoms in total. The van der Waals surface area contributed by atoms with E-state index in [9.17, 15) is 0 Å². The average molecular weight is 220 g/mol. The summed E-state index contributed by atoms with van der Waals surface area (Å²) in [7, 11) is 1.68. The molecule has 0 fully saturated rings. The molecular weight excluding hydrogens is 204 g/mol. The molecule has 86 valence electrons. The first kappa shape index (κ1) is 11.0. The second-order valence-electron chi connectivity index (χ2n) is 4.02. The van der Waals surface area contributed by atoms with E-state index in [1.807, 2.05) is 10.9 Å². The third kappa shape index (κ3) is 2.04. The predicted octanol–water partition coefficient (Wildman–Crippen LogP) is 1.60. The van der Waals surface area contributed by atoms with Crippen molar-refractivity contribution in [3.8, 4) is 0 Å². The van der Waals surface area contributed by atoms with E-state index < -0.39 is 0 Å². The second kappa shape index (κ2) is 4.57. The van der Waals surface area contributed by atoms with Gasteiger partial charge in [0, 0.05) is 13.3 Å². The van der Waals surface area contributed by atoms with E-state index in [1.165, 1.54) is 0 Å². The zero-order chi connectivity index (χ0) is 11.5. The summed E-state index contributed by atoms with van der Waals surface area (Å²) >= 11 is 0. The van der Waals surface area contributed by atoms with Gasteiger partial charge < -0.3 is 4.74 Å². The van der Waals surface area contributed by atoms with Crippen LogP contribution < -0.4 is 0 Å². The van der Waals surface area contributed by atoms with Gasteiger partial charge in [0.05, 0.1) is 25.0 Å². The lowest BCUT2D eigenvalue weighted by Gasteiger charge is -2.05. The van der Waals surface area contributed by atoms with Crippen molar-refractivity contribution in [3.63, 3.8) is 0 Å². The molecule has 0 N–H and O–H groups in total. The van der Waals surface area contributed by atoms with Crippen LogP contribution in [-0.2, 0) is 11.3 Å². The van der Waals surface area contributed by atoms with E-state index >= 15 is 0 Å². The van der Waals surface area contributed by atoms with Crippen LogP contribution >= 0.6 is 0 Å². The lowest BCUT2D eigenvalue weighted by Crippen LogP contribution is -2.07. The fraction of sp³-hybridized carbons (Fsp3) is 0.545. The quantitative estimate of drug-likeness (QED) is 0.785. The van der Waals surface area contributed by atoms with E-state index in [1.54, 1.807) is 13.3 Å². The topological polar surface area (TPSA) is 52.8 Å². The molecule has 0 unspecified atom stereocenters. The number of rotatable bonds is 4. The zero-order valence-electron chi connectivity index (χ0n) is 9.84. The van der Waals surface area contributed by atoms with Crippen LogP contribution in [0, 0.1) is 0 Å². The first-order valence-electron chi connectivity index (χ1n) is 5.39. The molecule has 0 aliphatic heterocycles. The number of hydrogen-bond acceptors (Lipinski definition) is 4. The summed E-state index contributed by atoms with van der Waals surface area (Å²) in [5, 5.41) is 4.24. The standard InChI is InChI=1S/C11H16N4O/c1-8(2)9-6-12-10-7-13-15(4-5-16-3)11(10)14-9/h6-8H,4-5H2,1-3H3. The third-order valence-electron chi connectivity index (χ3n) is 2.46. The fourth-order valence-corrected chi connectivity index (χ4v) is 1.48. The minimum Gasteiger partial charge on any atom is -0.383 e. The minimum absolute atomic E-state index is 0.377. The monoisotopic (exact) mass is 220 g/mol. The maximum Gasteiger partial charge on any atom is 0.177 e. The Hall–Kier alpha value is -1.49. The Balaban J connectivity index is 2.39. The van der Waals surface area contributed by atoms with Gasteiger partial charge in [0.25, 0.3) is 0 Å². The van der Waals surface area contributed by atoms with E-state index in [0.29, 0.717) is 19.1 Å². The number of hydrogen-bond donors (Lipinski definition) is 0. The van der Waals surface area contributed by atoms with Crippen LogP contribution in [0.25, 0.3) is 11.2 Å². The highest BCUT2D eigenvalue weighted by molar-refractivity contribution is 5.69.